The minimum Gasteiger partial charge on any atom is -0.493 e. The number of fused-ring (bicyclic) bond motifs is 1. The standard InChI is InChI=1S/C23H26N2O4/c1-5-29-23(26)18-14-25-21-15(2)7-6-8-17(21)22(18)24-12-11-16-9-10-19(27-3)20(13-16)28-4/h6-10,13-14H,5,11-12H2,1-4H3,(H,24,25)/p+1. The van der Waals surface area contributed by atoms with Crippen LogP contribution >= 0.6 is 0 Å². The third kappa shape index (κ3) is 4.42. The van der Waals surface area contributed by atoms with E-state index in [1.165, 1.54) is 0 Å². The largest absolute Gasteiger partial charge is 0.493 e. The van der Waals surface area contributed by atoms with E-state index in [1.807, 2.05) is 43.3 Å². The van der Waals surface area contributed by atoms with Gasteiger partial charge in [-0.3, -0.25) is 0 Å². The Morgan fingerprint density at radius 1 is 1.10 bits per heavy atom. The van der Waals surface area contributed by atoms with E-state index >= 15 is 0 Å². The molecule has 0 unspecified atom stereocenters. The second kappa shape index (κ2) is 9.28. The van der Waals surface area contributed by atoms with Crippen LogP contribution in [0.3, 0.4) is 0 Å². The summed E-state index contributed by atoms with van der Waals surface area (Å²) in [6.07, 6.45) is 2.47. The van der Waals surface area contributed by atoms with Gasteiger partial charge in [-0.2, -0.15) is 0 Å². The number of esters is 1. The van der Waals surface area contributed by atoms with Gasteiger partial charge in [0.1, 0.15) is 5.56 Å². The number of para-hydroxylation sites is 1. The SMILES string of the molecule is CCOC(=O)c1c[nH+]c2c(C)cccc2c1NCCc1ccc(OC)c(OC)c1. The summed E-state index contributed by atoms with van der Waals surface area (Å²) in [4.78, 5) is 15.7. The molecular formula is C23H27N2O4+. The van der Waals surface area contributed by atoms with Gasteiger partial charge in [-0.1, -0.05) is 18.2 Å². The minimum atomic E-state index is -0.347. The predicted molar refractivity (Wildman–Crippen MR) is 113 cm³/mol. The number of rotatable bonds is 8. The molecule has 1 heterocycles. The highest BCUT2D eigenvalue weighted by atomic mass is 16.5. The molecule has 0 aliphatic heterocycles. The number of hydrogen-bond acceptors (Lipinski definition) is 5. The summed E-state index contributed by atoms with van der Waals surface area (Å²) in [5, 5.41) is 4.41. The zero-order valence-electron chi connectivity index (χ0n) is 17.3. The van der Waals surface area contributed by atoms with Gasteiger partial charge in [0.15, 0.2) is 17.7 Å². The number of aromatic amines is 1. The summed E-state index contributed by atoms with van der Waals surface area (Å²) in [5.41, 5.74) is 4.49. The molecule has 0 spiro atoms. The Morgan fingerprint density at radius 3 is 2.62 bits per heavy atom. The Morgan fingerprint density at radius 2 is 1.90 bits per heavy atom. The topological polar surface area (TPSA) is 70.9 Å². The maximum atomic E-state index is 12.5. The maximum Gasteiger partial charge on any atom is 0.346 e. The number of aromatic nitrogens is 1. The fourth-order valence-electron chi connectivity index (χ4n) is 3.36. The van der Waals surface area contributed by atoms with Crippen LogP contribution in [-0.2, 0) is 11.2 Å². The summed E-state index contributed by atoms with van der Waals surface area (Å²) in [6, 6.07) is 11.9. The number of nitrogens with one attached hydrogen (secondary N) is 2. The van der Waals surface area contributed by atoms with Crippen LogP contribution in [0.15, 0.2) is 42.6 Å². The lowest BCUT2D eigenvalue weighted by Gasteiger charge is -2.13. The van der Waals surface area contributed by atoms with Gasteiger partial charge >= 0.3 is 5.97 Å². The Bertz CT molecular complexity index is 1020. The van der Waals surface area contributed by atoms with Gasteiger partial charge in [-0.15, -0.1) is 0 Å². The van der Waals surface area contributed by atoms with Gasteiger partial charge < -0.3 is 19.5 Å². The van der Waals surface area contributed by atoms with E-state index in [4.69, 9.17) is 14.2 Å². The number of carbonyl (C=O) groups excluding carboxylic acids is 1. The lowest BCUT2D eigenvalue weighted by Crippen LogP contribution is -2.17. The molecule has 0 atom stereocenters. The van der Waals surface area contributed by atoms with Crippen molar-refractivity contribution in [2.45, 2.75) is 20.3 Å². The molecule has 0 radical (unpaired) electrons. The van der Waals surface area contributed by atoms with E-state index in [1.54, 1.807) is 27.3 Å². The van der Waals surface area contributed by atoms with Crippen LogP contribution in [0.25, 0.3) is 10.9 Å². The minimum absolute atomic E-state index is 0.329. The van der Waals surface area contributed by atoms with Crippen LogP contribution in [0.1, 0.15) is 28.4 Å². The molecule has 3 aromatic rings. The van der Waals surface area contributed by atoms with Gasteiger partial charge in [0, 0.05) is 12.1 Å². The summed E-state index contributed by atoms with van der Waals surface area (Å²) in [6.45, 7) is 4.82. The van der Waals surface area contributed by atoms with Crippen molar-refractivity contribution < 1.29 is 24.0 Å². The Hall–Kier alpha value is -3.28. The van der Waals surface area contributed by atoms with Crippen molar-refractivity contribution in [3.05, 3.63) is 59.3 Å². The van der Waals surface area contributed by atoms with Crippen LogP contribution in [0.4, 0.5) is 5.69 Å². The molecule has 0 amide bonds. The van der Waals surface area contributed by atoms with Crippen molar-refractivity contribution in [1.82, 2.24) is 0 Å². The normalized spacial score (nSPS) is 10.6. The number of carbonyl (C=O) groups is 1. The van der Waals surface area contributed by atoms with E-state index in [0.717, 1.165) is 34.1 Å². The van der Waals surface area contributed by atoms with E-state index < -0.39 is 0 Å². The van der Waals surface area contributed by atoms with E-state index in [2.05, 4.69) is 10.3 Å². The first kappa shape index (κ1) is 20.5. The third-order valence-electron chi connectivity index (χ3n) is 4.83. The molecule has 0 aliphatic rings. The molecule has 6 nitrogen and oxygen atoms in total. The first-order valence-electron chi connectivity index (χ1n) is 9.65. The lowest BCUT2D eigenvalue weighted by atomic mass is 10.1. The highest BCUT2D eigenvalue weighted by Gasteiger charge is 2.20. The van der Waals surface area contributed by atoms with Crippen molar-refractivity contribution in [2.24, 2.45) is 0 Å². The smallest absolute Gasteiger partial charge is 0.346 e. The second-order valence-electron chi connectivity index (χ2n) is 6.66. The number of hydrogen-bond donors (Lipinski definition) is 1. The number of ether oxygens (including phenoxy) is 3. The first-order valence-corrected chi connectivity index (χ1v) is 9.65. The molecule has 0 saturated heterocycles. The number of pyridine rings is 1. The molecule has 2 aromatic carbocycles. The molecule has 0 fully saturated rings. The van der Waals surface area contributed by atoms with Gasteiger partial charge in [-0.05, 0) is 44.0 Å². The van der Waals surface area contributed by atoms with Gasteiger partial charge in [-0.25, -0.2) is 9.78 Å². The van der Waals surface area contributed by atoms with Crippen molar-refractivity contribution in [3.63, 3.8) is 0 Å². The molecule has 152 valence electrons. The monoisotopic (exact) mass is 395 g/mol. The molecule has 3 rings (SSSR count). The average Bonchev–Trinajstić information content (AvgIpc) is 2.74. The van der Waals surface area contributed by atoms with Gasteiger partial charge in [0.25, 0.3) is 0 Å². The van der Waals surface area contributed by atoms with Crippen LogP contribution in [0, 0.1) is 6.92 Å². The Kier molecular flexibility index (Phi) is 6.54. The molecule has 1 aromatic heterocycles. The van der Waals surface area contributed by atoms with Crippen LogP contribution < -0.4 is 19.8 Å². The number of H-pyrrole nitrogens is 1. The highest BCUT2D eigenvalue weighted by Crippen LogP contribution is 2.29. The molecule has 29 heavy (non-hydrogen) atoms. The number of anilines is 1. The van der Waals surface area contributed by atoms with E-state index in [-0.39, 0.29) is 5.97 Å². The molecular weight excluding hydrogens is 368 g/mol. The summed E-state index contributed by atoms with van der Waals surface area (Å²) in [7, 11) is 3.25. The summed E-state index contributed by atoms with van der Waals surface area (Å²) in [5.74, 6) is 1.06. The predicted octanol–water partition coefficient (Wildman–Crippen LogP) is 3.81. The fourth-order valence-corrected chi connectivity index (χ4v) is 3.36. The average molecular weight is 395 g/mol. The van der Waals surface area contributed by atoms with Crippen molar-refractivity contribution in [3.8, 4) is 11.5 Å². The fraction of sp³-hybridized carbons (Fsp3) is 0.304. The van der Waals surface area contributed by atoms with Crippen molar-refractivity contribution >= 4 is 22.6 Å². The number of methoxy groups -OCH3 is 2. The molecule has 2 N–H and O–H groups in total. The number of aryl methyl sites for hydroxylation is 1. The lowest BCUT2D eigenvalue weighted by molar-refractivity contribution is -0.345. The van der Waals surface area contributed by atoms with Crippen molar-refractivity contribution in [1.29, 1.82) is 0 Å². The molecule has 0 aliphatic carbocycles. The van der Waals surface area contributed by atoms with Crippen LogP contribution in [-0.4, -0.2) is 33.3 Å². The Labute approximate surface area is 170 Å². The summed E-state index contributed by atoms with van der Waals surface area (Å²) < 4.78 is 15.9. The van der Waals surface area contributed by atoms with Gasteiger partial charge in [0.05, 0.1) is 31.9 Å². The van der Waals surface area contributed by atoms with E-state index in [9.17, 15) is 4.79 Å². The van der Waals surface area contributed by atoms with Gasteiger partial charge in [0.2, 0.25) is 5.52 Å². The first-order chi connectivity index (χ1) is 14.1. The number of benzene rings is 2. The van der Waals surface area contributed by atoms with Crippen LogP contribution in [0.5, 0.6) is 11.5 Å². The summed E-state index contributed by atoms with van der Waals surface area (Å²) >= 11 is 0. The maximum absolute atomic E-state index is 12.5. The zero-order chi connectivity index (χ0) is 20.8. The Balaban J connectivity index is 1.87. The molecule has 6 heteroatoms. The van der Waals surface area contributed by atoms with Crippen molar-refractivity contribution in [2.75, 3.05) is 32.7 Å². The third-order valence-corrected chi connectivity index (χ3v) is 4.83. The molecule has 0 bridgehead atoms. The second-order valence-corrected chi connectivity index (χ2v) is 6.66. The highest BCUT2D eigenvalue weighted by molar-refractivity contribution is 6.04. The zero-order valence-corrected chi connectivity index (χ0v) is 17.3. The quantitative estimate of drug-likeness (QED) is 0.587. The molecule has 0 saturated carbocycles. The van der Waals surface area contributed by atoms with E-state index in [0.29, 0.717) is 30.2 Å². The van der Waals surface area contributed by atoms with Crippen LogP contribution in [0.2, 0.25) is 0 Å².